The molecular formula is C23H26ClN9O2. The van der Waals surface area contributed by atoms with Gasteiger partial charge in [-0.3, -0.25) is 9.48 Å². The Morgan fingerprint density at radius 3 is 2.60 bits per heavy atom. The van der Waals surface area contributed by atoms with Gasteiger partial charge in [-0.1, -0.05) is 43.6 Å². The maximum atomic E-state index is 12.7. The number of rotatable bonds is 6. The first-order valence-corrected chi connectivity index (χ1v) is 11.3. The Morgan fingerprint density at radius 2 is 1.94 bits per heavy atom. The van der Waals surface area contributed by atoms with E-state index in [1.165, 1.54) is 6.33 Å². The Kier molecular flexibility index (Phi) is 6.53. The Labute approximate surface area is 207 Å². The highest BCUT2D eigenvalue weighted by molar-refractivity contribution is 6.34. The second-order valence-corrected chi connectivity index (χ2v) is 9.52. The lowest BCUT2D eigenvalue weighted by Crippen LogP contribution is -2.28. The summed E-state index contributed by atoms with van der Waals surface area (Å²) in [6.45, 7) is 9.54. The molecule has 0 saturated carbocycles. The van der Waals surface area contributed by atoms with Crippen molar-refractivity contribution < 1.29 is 9.32 Å². The standard InChI is InChI=1S/C23H26ClN9O2/c1-12-14(13(2)27-20(34)19-29-21(35-32-19)23(3,4)5)7-8-15(17(12)24)18-25-11-26-22(30-18)28-16-9-10-33(6)31-16/h7-11,13H,1-6H3,(H,27,34)(H,25,26,28,30,31). The highest BCUT2D eigenvalue weighted by Gasteiger charge is 2.25. The molecule has 3 aromatic heterocycles. The number of aromatic nitrogens is 7. The molecule has 12 heteroatoms. The number of anilines is 2. The van der Waals surface area contributed by atoms with E-state index < -0.39 is 5.91 Å². The van der Waals surface area contributed by atoms with Crippen LogP contribution >= 0.6 is 11.6 Å². The van der Waals surface area contributed by atoms with Gasteiger partial charge in [0.25, 0.3) is 11.7 Å². The molecular weight excluding hydrogens is 470 g/mol. The van der Waals surface area contributed by atoms with E-state index in [1.807, 2.05) is 66.1 Å². The fraction of sp³-hybridized carbons (Fsp3) is 0.348. The van der Waals surface area contributed by atoms with Gasteiger partial charge in [-0.25, -0.2) is 9.97 Å². The Balaban J connectivity index is 1.53. The van der Waals surface area contributed by atoms with Crippen molar-refractivity contribution in [3.05, 3.63) is 58.6 Å². The minimum Gasteiger partial charge on any atom is -0.343 e. The topological polar surface area (TPSA) is 137 Å². The lowest BCUT2D eigenvalue weighted by molar-refractivity contribution is 0.0926. The van der Waals surface area contributed by atoms with Crippen molar-refractivity contribution in [1.82, 2.24) is 40.2 Å². The number of nitrogens with zero attached hydrogens (tertiary/aromatic N) is 7. The molecule has 1 amide bonds. The predicted octanol–water partition coefficient (Wildman–Crippen LogP) is 4.15. The normalized spacial score (nSPS) is 12.4. The van der Waals surface area contributed by atoms with Crippen LogP contribution in [0.25, 0.3) is 11.4 Å². The number of nitrogens with one attached hydrogen (secondary N) is 2. The first-order valence-electron chi connectivity index (χ1n) is 10.9. The molecule has 0 aliphatic carbocycles. The van der Waals surface area contributed by atoms with Crippen molar-refractivity contribution in [3.8, 4) is 11.4 Å². The van der Waals surface area contributed by atoms with Crippen LogP contribution in [0, 0.1) is 6.92 Å². The number of benzene rings is 1. The van der Waals surface area contributed by atoms with Gasteiger partial charge in [0.15, 0.2) is 11.6 Å². The highest BCUT2D eigenvalue weighted by Crippen LogP contribution is 2.33. The molecule has 3 heterocycles. The zero-order valence-electron chi connectivity index (χ0n) is 20.3. The Bertz CT molecular complexity index is 1370. The third-order valence-electron chi connectivity index (χ3n) is 5.28. The van der Waals surface area contributed by atoms with Crippen LogP contribution in [0.3, 0.4) is 0 Å². The molecule has 4 aromatic rings. The second-order valence-electron chi connectivity index (χ2n) is 9.14. The molecule has 4 rings (SSSR count). The van der Waals surface area contributed by atoms with Crippen LogP contribution in [0.1, 0.15) is 61.4 Å². The van der Waals surface area contributed by atoms with Crippen LogP contribution in [0.5, 0.6) is 0 Å². The third kappa shape index (κ3) is 5.29. The van der Waals surface area contributed by atoms with Crippen molar-refractivity contribution in [2.75, 3.05) is 5.32 Å². The predicted molar refractivity (Wildman–Crippen MR) is 130 cm³/mol. The van der Waals surface area contributed by atoms with E-state index in [0.717, 1.165) is 11.1 Å². The zero-order chi connectivity index (χ0) is 25.3. The summed E-state index contributed by atoms with van der Waals surface area (Å²) >= 11 is 6.71. The van der Waals surface area contributed by atoms with Gasteiger partial charge in [-0.15, -0.1) is 0 Å². The monoisotopic (exact) mass is 495 g/mol. The van der Waals surface area contributed by atoms with Gasteiger partial charge in [-0.05, 0) is 31.0 Å². The highest BCUT2D eigenvalue weighted by atomic mass is 35.5. The maximum absolute atomic E-state index is 12.7. The van der Waals surface area contributed by atoms with Crippen molar-refractivity contribution in [1.29, 1.82) is 0 Å². The fourth-order valence-corrected chi connectivity index (χ4v) is 3.64. The number of amides is 1. The second kappa shape index (κ2) is 9.41. The fourth-order valence-electron chi connectivity index (χ4n) is 3.38. The molecule has 1 aromatic carbocycles. The summed E-state index contributed by atoms with van der Waals surface area (Å²) in [7, 11) is 1.82. The SMILES string of the molecule is Cc1c(C(C)NC(=O)c2noc(C(C)(C)C)n2)ccc(-c2ncnc(Nc3ccn(C)n3)n2)c1Cl. The minimum absolute atomic E-state index is 0.0136. The lowest BCUT2D eigenvalue weighted by Gasteiger charge is -2.18. The zero-order valence-corrected chi connectivity index (χ0v) is 21.0. The Morgan fingerprint density at radius 1 is 1.17 bits per heavy atom. The van der Waals surface area contributed by atoms with Gasteiger partial charge in [-0.2, -0.15) is 15.1 Å². The van der Waals surface area contributed by atoms with Gasteiger partial charge in [0.2, 0.25) is 11.8 Å². The minimum atomic E-state index is -0.431. The van der Waals surface area contributed by atoms with Gasteiger partial charge in [0, 0.05) is 30.3 Å². The number of hydrogen-bond donors (Lipinski definition) is 2. The quantitative estimate of drug-likeness (QED) is 0.404. The van der Waals surface area contributed by atoms with Crippen LogP contribution < -0.4 is 10.6 Å². The Hall–Kier alpha value is -3.86. The van der Waals surface area contributed by atoms with Gasteiger partial charge in [0.05, 0.1) is 11.1 Å². The van der Waals surface area contributed by atoms with Crippen molar-refractivity contribution in [3.63, 3.8) is 0 Å². The summed E-state index contributed by atoms with van der Waals surface area (Å²) in [4.78, 5) is 29.8. The number of halogens is 1. The van der Waals surface area contributed by atoms with Gasteiger partial charge >= 0.3 is 0 Å². The van der Waals surface area contributed by atoms with Crippen LogP contribution in [0.2, 0.25) is 5.02 Å². The van der Waals surface area contributed by atoms with Crippen LogP contribution in [-0.4, -0.2) is 40.8 Å². The summed E-state index contributed by atoms with van der Waals surface area (Å²) < 4.78 is 6.89. The molecule has 182 valence electrons. The molecule has 11 nitrogen and oxygen atoms in total. The van der Waals surface area contributed by atoms with E-state index in [-0.39, 0.29) is 17.3 Å². The lowest BCUT2D eigenvalue weighted by atomic mass is 9.97. The molecule has 0 fully saturated rings. The number of carbonyl (C=O) groups excluding carboxylic acids is 1. The summed E-state index contributed by atoms with van der Waals surface area (Å²) in [5.74, 6) is 1.33. The van der Waals surface area contributed by atoms with E-state index >= 15 is 0 Å². The number of aryl methyl sites for hydroxylation is 1. The van der Waals surface area contributed by atoms with Gasteiger partial charge in [0.1, 0.15) is 6.33 Å². The molecule has 0 saturated heterocycles. The first-order chi connectivity index (χ1) is 16.5. The van der Waals surface area contributed by atoms with Crippen LogP contribution in [0.15, 0.2) is 35.2 Å². The smallest absolute Gasteiger partial charge is 0.293 e. The molecule has 35 heavy (non-hydrogen) atoms. The average Bonchev–Trinajstić information content (AvgIpc) is 3.45. The summed E-state index contributed by atoms with van der Waals surface area (Å²) in [6, 6.07) is 5.15. The average molecular weight is 496 g/mol. The molecule has 0 bridgehead atoms. The van der Waals surface area contributed by atoms with Crippen molar-refractivity contribution >= 4 is 29.3 Å². The number of carbonyl (C=O) groups is 1. The van der Waals surface area contributed by atoms with Crippen molar-refractivity contribution in [2.45, 2.75) is 46.1 Å². The first kappa shape index (κ1) is 24.3. The maximum Gasteiger partial charge on any atom is 0.293 e. The van der Waals surface area contributed by atoms with E-state index in [2.05, 4.69) is 40.8 Å². The van der Waals surface area contributed by atoms with E-state index in [4.69, 9.17) is 16.1 Å². The third-order valence-corrected chi connectivity index (χ3v) is 5.77. The molecule has 0 spiro atoms. The van der Waals surface area contributed by atoms with Crippen LogP contribution in [0.4, 0.5) is 11.8 Å². The van der Waals surface area contributed by atoms with E-state index in [9.17, 15) is 4.79 Å². The van der Waals surface area contributed by atoms with Gasteiger partial charge < -0.3 is 15.2 Å². The van der Waals surface area contributed by atoms with E-state index in [0.29, 0.717) is 34.1 Å². The molecule has 1 unspecified atom stereocenters. The molecule has 2 N–H and O–H groups in total. The summed E-state index contributed by atoms with van der Waals surface area (Å²) in [5, 5.41) is 14.5. The molecule has 0 aliphatic rings. The van der Waals surface area contributed by atoms with E-state index in [1.54, 1.807) is 4.68 Å². The summed E-state index contributed by atoms with van der Waals surface area (Å²) in [6.07, 6.45) is 3.22. The molecule has 0 aliphatic heterocycles. The molecule has 0 radical (unpaired) electrons. The van der Waals surface area contributed by atoms with Crippen molar-refractivity contribution in [2.24, 2.45) is 7.05 Å². The summed E-state index contributed by atoms with van der Waals surface area (Å²) in [5.41, 5.74) is 1.93. The molecule has 1 atom stereocenters. The number of hydrogen-bond acceptors (Lipinski definition) is 9. The van der Waals surface area contributed by atoms with Crippen LogP contribution in [-0.2, 0) is 12.5 Å². The largest absolute Gasteiger partial charge is 0.343 e.